The van der Waals surface area contributed by atoms with Gasteiger partial charge in [-0.15, -0.1) is 0 Å². The molecule has 2 unspecified atom stereocenters. The first-order valence-corrected chi connectivity index (χ1v) is 4.67. The minimum Gasteiger partial charge on any atom is -0.480 e. The van der Waals surface area contributed by atoms with Gasteiger partial charge in [0.2, 0.25) is 0 Å². The van der Waals surface area contributed by atoms with Gasteiger partial charge in [0.25, 0.3) is 0 Å². The molecule has 2 atom stereocenters. The molecule has 5 heteroatoms. The molecule has 0 spiro atoms. The third-order valence-electron chi connectivity index (χ3n) is 2.08. The van der Waals surface area contributed by atoms with Crippen LogP contribution in [0.3, 0.4) is 0 Å². The van der Waals surface area contributed by atoms with Gasteiger partial charge in [-0.05, 0) is 42.0 Å². The van der Waals surface area contributed by atoms with E-state index in [0.717, 1.165) is 0 Å². The molecule has 5 nitrogen and oxygen atoms in total. The Morgan fingerprint density at radius 2 is 1.73 bits per heavy atom. The van der Waals surface area contributed by atoms with E-state index < -0.39 is 12.2 Å². The van der Waals surface area contributed by atoms with Gasteiger partial charge in [0.1, 0.15) is 13.7 Å². The van der Waals surface area contributed by atoms with Crippen molar-refractivity contribution in [3.63, 3.8) is 0 Å². The molecule has 0 rings (SSSR count). The fourth-order valence-electron chi connectivity index (χ4n) is 0.326. The summed E-state index contributed by atoms with van der Waals surface area (Å²) in [4.78, 5) is 23.7. The lowest BCUT2D eigenvalue weighted by Gasteiger charge is -2.13. The molecule has 0 aromatic carbocycles. The highest BCUT2D eigenvalue weighted by atomic mass is 16.4. The number of aldehydes is 1. The molecule has 0 saturated carbocycles. The molecule has 0 aliphatic heterocycles. The van der Waals surface area contributed by atoms with Crippen LogP contribution in [0.4, 0.5) is 0 Å². The highest BCUT2D eigenvalue weighted by Gasteiger charge is 2.11. The van der Waals surface area contributed by atoms with Crippen LogP contribution in [0.1, 0.15) is 16.6 Å². The summed E-state index contributed by atoms with van der Waals surface area (Å²) in [5.41, 5.74) is 0. The summed E-state index contributed by atoms with van der Waals surface area (Å²) in [6, 6.07) is -0.648. The van der Waals surface area contributed by atoms with Gasteiger partial charge in [0.05, 0.1) is 6.04 Å². The number of carbonyl (C=O) groups excluding carboxylic acids is 1. The van der Waals surface area contributed by atoms with Crippen molar-refractivity contribution in [2.45, 2.75) is 25.9 Å². The molecule has 92 valence electrons. The summed E-state index contributed by atoms with van der Waals surface area (Å²) in [5.74, 6) is -0.782. The number of nitrogens with zero attached hydrogens (tertiary/aromatic N) is 2. The molecule has 15 heavy (non-hydrogen) atoms. The second kappa shape index (κ2) is 8.38. The lowest BCUT2D eigenvalue weighted by atomic mass is 10.3. The van der Waals surface area contributed by atoms with Crippen molar-refractivity contribution in [3.8, 4) is 0 Å². The van der Waals surface area contributed by atoms with Gasteiger partial charge in [-0.3, -0.25) is 9.69 Å². The van der Waals surface area contributed by atoms with Crippen LogP contribution in [0.15, 0.2) is 0 Å². The van der Waals surface area contributed by atoms with Crippen LogP contribution in [0.2, 0.25) is 0 Å². The maximum Gasteiger partial charge on any atom is 0.320 e. The van der Waals surface area contributed by atoms with Crippen LogP contribution in [-0.4, -0.2) is 67.4 Å². The van der Waals surface area contributed by atoms with Gasteiger partial charge in [-0.25, -0.2) is 0 Å². The summed E-state index contributed by atoms with van der Waals surface area (Å²) in [7, 11) is 7.02. The van der Waals surface area contributed by atoms with Crippen molar-refractivity contribution >= 4 is 12.2 Å². The third-order valence-corrected chi connectivity index (χ3v) is 2.08. The van der Waals surface area contributed by atoms with E-state index in [1.165, 1.54) is 0 Å². The largest absolute Gasteiger partial charge is 0.480 e. The van der Waals surface area contributed by atoms with E-state index in [1.54, 1.807) is 51.8 Å². The smallest absolute Gasteiger partial charge is 0.320 e. The van der Waals surface area contributed by atoms with Crippen LogP contribution >= 0.6 is 0 Å². The number of carbonyl (C=O) groups is 2. The zero-order chi connectivity index (χ0) is 13.5. The SMILES string of the molecule is CC(C(=O)O)N(C)C.[2HH].[2H]C(=O)C(C)N(C)C. The molecule has 0 fully saturated rings. The molecule has 1 N–H and O–H groups in total. The Hall–Kier alpha value is -0.940. The standard InChI is InChI=1S/C5H11NO2.C5H11NO.H2/c1-4(5(7)8)6(2)3;1-5(4-7)6(2)3;/h4H,1-3H3,(H,7,8);4-5H,1-3H3;1H/i;4D;1+1. The minimum absolute atomic E-state index is 0. The number of rotatable bonds is 4. The predicted molar refractivity (Wildman–Crippen MR) is 62.1 cm³/mol. The van der Waals surface area contributed by atoms with Crippen molar-refractivity contribution in [2.75, 3.05) is 28.2 Å². The van der Waals surface area contributed by atoms with Crippen molar-refractivity contribution in [1.29, 1.82) is 0 Å². The van der Waals surface area contributed by atoms with Crippen LogP contribution in [0.5, 0.6) is 0 Å². The van der Waals surface area contributed by atoms with E-state index >= 15 is 0 Å². The monoisotopic (exact) mass is 222 g/mol. The average Bonchev–Trinajstić information content (AvgIpc) is 2.15. The van der Waals surface area contributed by atoms with Crippen LogP contribution in [-0.2, 0) is 9.59 Å². The van der Waals surface area contributed by atoms with E-state index in [2.05, 4.69) is 0 Å². The quantitative estimate of drug-likeness (QED) is 0.698. The van der Waals surface area contributed by atoms with Crippen molar-refractivity contribution in [3.05, 3.63) is 0 Å². The molecule has 0 heterocycles. The van der Waals surface area contributed by atoms with Crippen molar-refractivity contribution < 1.29 is 17.5 Å². The van der Waals surface area contributed by atoms with Gasteiger partial charge in [-0.2, -0.15) is 0 Å². The Kier molecular flexibility index (Phi) is 7.85. The Labute approximate surface area is 94.6 Å². The summed E-state index contributed by atoms with van der Waals surface area (Å²) in [6.45, 7) is 3.34. The van der Waals surface area contributed by atoms with Gasteiger partial charge >= 0.3 is 5.97 Å². The Bertz CT molecular complexity index is 212. The first-order chi connectivity index (χ1) is 7.11. The summed E-state index contributed by atoms with van der Waals surface area (Å²) in [6.07, 6.45) is -0.532. The lowest BCUT2D eigenvalue weighted by Crippen LogP contribution is -2.32. The lowest BCUT2D eigenvalue weighted by molar-refractivity contribution is -0.141. The number of aliphatic carboxylic acids is 1. The number of likely N-dealkylation sites (N-methyl/N-ethyl adjacent to an activating group) is 2. The molecule has 0 amide bonds. The normalized spacial score (nSPS) is 15.1. The van der Waals surface area contributed by atoms with Crippen molar-refractivity contribution in [1.82, 2.24) is 9.80 Å². The zero-order valence-electron chi connectivity index (χ0n) is 11.3. The third kappa shape index (κ3) is 9.37. The van der Waals surface area contributed by atoms with Crippen LogP contribution in [0, 0.1) is 0 Å². The Morgan fingerprint density at radius 1 is 1.33 bits per heavy atom. The Balaban J connectivity index is -0.000000218. The minimum atomic E-state index is -0.782. The fraction of sp³-hybridized carbons (Fsp3) is 0.800. The first kappa shape index (κ1) is 14.1. The zero-order valence-corrected chi connectivity index (χ0v) is 10.3. The van der Waals surface area contributed by atoms with Crippen LogP contribution in [0.25, 0.3) is 0 Å². The first-order valence-electron chi connectivity index (χ1n) is 5.17. The van der Waals surface area contributed by atoms with E-state index in [4.69, 9.17) is 6.48 Å². The second-order valence-electron chi connectivity index (χ2n) is 3.74. The number of hydrogen-bond acceptors (Lipinski definition) is 4. The molecule has 0 bridgehead atoms. The topological polar surface area (TPSA) is 60.9 Å². The van der Waals surface area contributed by atoms with Gasteiger partial charge in [0, 0.05) is 1.43 Å². The molecule has 0 aromatic rings. The van der Waals surface area contributed by atoms with E-state index in [9.17, 15) is 9.59 Å². The van der Waals surface area contributed by atoms with E-state index in [1.807, 2.05) is 0 Å². The van der Waals surface area contributed by atoms with E-state index in [-0.39, 0.29) is 13.5 Å². The number of carboxylic acids is 1. The molecule has 0 aromatic heterocycles. The molecular weight excluding hydrogens is 196 g/mol. The summed E-state index contributed by atoms with van der Waals surface area (Å²) < 4.78 is 6.63. The Morgan fingerprint density at radius 3 is 1.73 bits per heavy atom. The van der Waals surface area contributed by atoms with Crippen molar-refractivity contribution in [2.24, 2.45) is 0 Å². The number of carboxylic acid groups (broad SMARTS) is 1. The predicted octanol–water partition coefficient (Wildman–Crippen LogP) is 0.403. The maximum atomic E-state index is 10.2. The summed E-state index contributed by atoms with van der Waals surface area (Å²) >= 11 is 0. The summed E-state index contributed by atoms with van der Waals surface area (Å²) in [5, 5.41) is 8.31. The maximum absolute atomic E-state index is 10.2. The van der Waals surface area contributed by atoms with Gasteiger partial charge in [-0.1, -0.05) is 0 Å². The van der Waals surface area contributed by atoms with Gasteiger partial charge < -0.3 is 14.8 Å². The number of hydrogen-bond donors (Lipinski definition) is 1. The molecule has 0 aliphatic carbocycles. The molecule has 0 saturated heterocycles. The molecular formula is C10H24N2O3. The molecule has 0 aliphatic rings. The van der Waals surface area contributed by atoms with E-state index in [0.29, 0.717) is 0 Å². The average molecular weight is 222 g/mol. The molecule has 0 radical (unpaired) electrons. The highest BCUT2D eigenvalue weighted by Crippen LogP contribution is 1.88. The second-order valence-corrected chi connectivity index (χ2v) is 3.74. The highest BCUT2D eigenvalue weighted by molar-refractivity contribution is 5.72. The van der Waals surface area contributed by atoms with Gasteiger partial charge in [0.15, 0.2) is 0 Å². The fourth-order valence-corrected chi connectivity index (χ4v) is 0.326. The van der Waals surface area contributed by atoms with Crippen LogP contribution < -0.4 is 0 Å².